The molecule has 3 N–H and O–H groups in total. The number of hydrogen-bond donors (Lipinski definition) is 2. The van der Waals surface area contributed by atoms with Gasteiger partial charge in [-0.2, -0.15) is 0 Å². The molecular formula is C18H28Cl2N4O. The first kappa shape index (κ1) is 23.4. The third-order valence-electron chi connectivity index (χ3n) is 4.13. The van der Waals surface area contributed by atoms with Crippen molar-refractivity contribution in [3.63, 3.8) is 0 Å². The maximum absolute atomic E-state index is 12.0. The van der Waals surface area contributed by atoms with Crippen molar-refractivity contribution < 1.29 is 4.79 Å². The van der Waals surface area contributed by atoms with Crippen LogP contribution in [0.2, 0.25) is 0 Å². The third-order valence-corrected chi connectivity index (χ3v) is 4.13. The van der Waals surface area contributed by atoms with E-state index in [9.17, 15) is 4.79 Å². The molecule has 0 aliphatic rings. The Balaban J connectivity index is 0.00000288. The molecule has 25 heavy (non-hydrogen) atoms. The molecule has 2 aromatic rings. The van der Waals surface area contributed by atoms with Gasteiger partial charge in [0, 0.05) is 30.9 Å². The summed E-state index contributed by atoms with van der Waals surface area (Å²) < 4.78 is 2.10. The second-order valence-electron chi connectivity index (χ2n) is 5.99. The van der Waals surface area contributed by atoms with Gasteiger partial charge in [-0.25, -0.2) is 4.98 Å². The van der Waals surface area contributed by atoms with E-state index in [1.54, 1.807) is 6.20 Å². The van der Waals surface area contributed by atoms with Gasteiger partial charge < -0.3 is 15.6 Å². The van der Waals surface area contributed by atoms with Crippen molar-refractivity contribution in [2.24, 2.45) is 11.7 Å². The highest BCUT2D eigenvalue weighted by Crippen LogP contribution is 2.06. The molecule has 0 fully saturated rings. The molecule has 0 aliphatic heterocycles. The summed E-state index contributed by atoms with van der Waals surface area (Å²) >= 11 is 0. The van der Waals surface area contributed by atoms with Gasteiger partial charge in [0.15, 0.2) is 0 Å². The van der Waals surface area contributed by atoms with Crippen LogP contribution in [0.5, 0.6) is 0 Å². The Hall–Kier alpha value is -1.56. The molecule has 2 unspecified atom stereocenters. The predicted octanol–water partition coefficient (Wildman–Crippen LogP) is 2.96. The van der Waals surface area contributed by atoms with Gasteiger partial charge in [0.25, 0.3) is 0 Å². The minimum Gasteiger partial charge on any atom is -0.349 e. The van der Waals surface area contributed by atoms with Crippen LogP contribution >= 0.6 is 24.8 Å². The highest BCUT2D eigenvalue weighted by molar-refractivity contribution is 5.85. The Bertz CT molecular complexity index is 617. The third kappa shape index (κ3) is 7.46. The molecule has 140 valence electrons. The number of halogens is 2. The molecule has 7 heteroatoms. The van der Waals surface area contributed by atoms with Crippen LogP contribution in [0.1, 0.15) is 31.7 Å². The molecule has 0 spiro atoms. The zero-order valence-corrected chi connectivity index (χ0v) is 16.4. The molecule has 2 atom stereocenters. The minimum absolute atomic E-state index is 0. The van der Waals surface area contributed by atoms with E-state index in [1.165, 1.54) is 5.56 Å². The number of carbonyl (C=O) groups excluding carboxylic acids is 1. The normalized spacial score (nSPS) is 12.4. The summed E-state index contributed by atoms with van der Waals surface area (Å²) in [5.41, 5.74) is 7.10. The lowest BCUT2D eigenvalue weighted by molar-refractivity contribution is -0.125. The SMILES string of the molecule is CC(N)C(C)C(=O)NCc1nccn1CCCc1ccccc1.Cl.Cl. The van der Waals surface area contributed by atoms with Gasteiger partial charge in [-0.1, -0.05) is 37.3 Å². The summed E-state index contributed by atoms with van der Waals surface area (Å²) in [7, 11) is 0. The van der Waals surface area contributed by atoms with Gasteiger partial charge in [-0.05, 0) is 25.3 Å². The highest BCUT2D eigenvalue weighted by atomic mass is 35.5. The monoisotopic (exact) mass is 386 g/mol. The molecule has 1 aromatic heterocycles. The number of hydrogen-bond acceptors (Lipinski definition) is 3. The molecule has 0 bridgehead atoms. The molecule has 0 saturated heterocycles. The van der Waals surface area contributed by atoms with Crippen LogP contribution in [0.3, 0.4) is 0 Å². The van der Waals surface area contributed by atoms with Crippen molar-refractivity contribution in [1.82, 2.24) is 14.9 Å². The fraction of sp³-hybridized carbons (Fsp3) is 0.444. The van der Waals surface area contributed by atoms with Crippen molar-refractivity contribution in [2.45, 2.75) is 45.8 Å². The van der Waals surface area contributed by atoms with Crippen LogP contribution in [-0.2, 0) is 24.3 Å². The zero-order valence-electron chi connectivity index (χ0n) is 14.7. The molecular weight excluding hydrogens is 359 g/mol. The van der Waals surface area contributed by atoms with Crippen LogP contribution in [0.15, 0.2) is 42.7 Å². The van der Waals surface area contributed by atoms with Crippen molar-refractivity contribution >= 4 is 30.7 Å². The van der Waals surface area contributed by atoms with E-state index in [0.717, 1.165) is 25.2 Å². The number of benzene rings is 1. The Labute approximate surface area is 162 Å². The largest absolute Gasteiger partial charge is 0.349 e. The number of amides is 1. The highest BCUT2D eigenvalue weighted by Gasteiger charge is 2.17. The van der Waals surface area contributed by atoms with Crippen LogP contribution in [0.25, 0.3) is 0 Å². The van der Waals surface area contributed by atoms with E-state index in [2.05, 4.69) is 39.1 Å². The minimum atomic E-state index is -0.198. The topological polar surface area (TPSA) is 72.9 Å². The molecule has 2 rings (SSSR count). The van der Waals surface area contributed by atoms with Crippen LogP contribution in [0, 0.1) is 5.92 Å². The van der Waals surface area contributed by atoms with E-state index in [1.807, 2.05) is 26.1 Å². The van der Waals surface area contributed by atoms with Crippen LogP contribution in [-0.4, -0.2) is 21.5 Å². The van der Waals surface area contributed by atoms with Gasteiger partial charge in [0.05, 0.1) is 6.54 Å². The first-order valence-electron chi connectivity index (χ1n) is 8.15. The van der Waals surface area contributed by atoms with E-state index >= 15 is 0 Å². The molecule has 1 amide bonds. The second kappa shape index (κ2) is 11.9. The fourth-order valence-electron chi connectivity index (χ4n) is 2.37. The van der Waals surface area contributed by atoms with Gasteiger partial charge in [-0.3, -0.25) is 4.79 Å². The summed E-state index contributed by atoms with van der Waals surface area (Å²) in [5, 5.41) is 2.91. The number of aromatic nitrogens is 2. The average molecular weight is 387 g/mol. The smallest absolute Gasteiger partial charge is 0.224 e. The first-order valence-corrected chi connectivity index (χ1v) is 8.15. The predicted molar refractivity (Wildman–Crippen MR) is 106 cm³/mol. The fourth-order valence-corrected chi connectivity index (χ4v) is 2.37. The van der Waals surface area contributed by atoms with Gasteiger partial charge in [0.1, 0.15) is 5.82 Å². The van der Waals surface area contributed by atoms with Crippen molar-refractivity contribution in [1.29, 1.82) is 0 Å². The summed E-state index contributed by atoms with van der Waals surface area (Å²) in [6.07, 6.45) is 5.81. The quantitative estimate of drug-likeness (QED) is 0.732. The van der Waals surface area contributed by atoms with E-state index in [-0.39, 0.29) is 42.7 Å². The number of aryl methyl sites for hydroxylation is 2. The Morgan fingerprint density at radius 3 is 2.56 bits per heavy atom. The van der Waals surface area contributed by atoms with Gasteiger partial charge >= 0.3 is 0 Å². The summed E-state index contributed by atoms with van der Waals surface area (Å²) in [5.74, 6) is 0.651. The van der Waals surface area contributed by atoms with E-state index in [0.29, 0.717) is 6.54 Å². The van der Waals surface area contributed by atoms with E-state index in [4.69, 9.17) is 5.73 Å². The zero-order chi connectivity index (χ0) is 16.7. The standard InChI is InChI=1S/C18H26N4O.2ClH/c1-14(15(2)19)18(23)21-13-17-20-10-12-22(17)11-6-9-16-7-4-3-5-8-16;;/h3-5,7-8,10,12,14-15H,6,9,11,13,19H2,1-2H3,(H,21,23);2*1H. The van der Waals surface area contributed by atoms with Crippen molar-refractivity contribution in [2.75, 3.05) is 0 Å². The van der Waals surface area contributed by atoms with Crippen LogP contribution in [0.4, 0.5) is 0 Å². The van der Waals surface area contributed by atoms with Gasteiger partial charge in [0.2, 0.25) is 5.91 Å². The van der Waals surface area contributed by atoms with Gasteiger partial charge in [-0.15, -0.1) is 24.8 Å². The number of nitrogens with zero attached hydrogens (tertiary/aromatic N) is 2. The molecule has 0 aliphatic carbocycles. The lowest BCUT2D eigenvalue weighted by Crippen LogP contribution is -2.38. The molecule has 0 saturated carbocycles. The lowest BCUT2D eigenvalue weighted by Gasteiger charge is -2.15. The van der Waals surface area contributed by atoms with E-state index < -0.39 is 0 Å². The number of nitrogens with one attached hydrogen (secondary N) is 1. The maximum Gasteiger partial charge on any atom is 0.224 e. The lowest BCUT2D eigenvalue weighted by atomic mass is 10.0. The molecule has 0 radical (unpaired) electrons. The van der Waals surface area contributed by atoms with Crippen molar-refractivity contribution in [3.05, 3.63) is 54.1 Å². The number of rotatable bonds is 8. The van der Waals surface area contributed by atoms with Crippen molar-refractivity contribution in [3.8, 4) is 0 Å². The Kier molecular flexibility index (Phi) is 11.2. The Morgan fingerprint density at radius 1 is 1.24 bits per heavy atom. The number of imidazole rings is 1. The number of carbonyl (C=O) groups is 1. The molecule has 1 heterocycles. The second-order valence-corrected chi connectivity index (χ2v) is 5.99. The van der Waals surface area contributed by atoms with Crippen LogP contribution < -0.4 is 11.1 Å². The average Bonchev–Trinajstić information content (AvgIpc) is 3.00. The Morgan fingerprint density at radius 2 is 1.92 bits per heavy atom. The summed E-state index contributed by atoms with van der Waals surface area (Å²) in [6, 6.07) is 10.3. The summed E-state index contributed by atoms with van der Waals surface area (Å²) in [4.78, 5) is 16.3. The molecule has 5 nitrogen and oxygen atoms in total. The number of nitrogens with two attached hydrogens (primary N) is 1. The maximum atomic E-state index is 12.0. The molecule has 1 aromatic carbocycles. The summed E-state index contributed by atoms with van der Waals surface area (Å²) in [6.45, 7) is 5.01. The first-order chi connectivity index (χ1) is 11.1.